The number of halogens is 1. The molecule has 1 heterocycles. The van der Waals surface area contributed by atoms with Gasteiger partial charge in [-0.1, -0.05) is 44.2 Å². The van der Waals surface area contributed by atoms with Gasteiger partial charge >= 0.3 is 0 Å². The molecular formula is C19H22BrNO3. The highest BCUT2D eigenvalue weighted by molar-refractivity contribution is 9.10. The number of carbonyl (C=O) groups is 1. The van der Waals surface area contributed by atoms with E-state index in [0.29, 0.717) is 30.2 Å². The molecule has 0 radical (unpaired) electrons. The number of carbonyl (C=O) groups excluding carboxylic acids is 1. The first-order valence-corrected chi connectivity index (χ1v) is 8.71. The first kappa shape index (κ1) is 18.3. The summed E-state index contributed by atoms with van der Waals surface area (Å²) in [7, 11) is 3.17. The Kier molecular flexibility index (Phi) is 6.26. The Hall–Kier alpha value is -2.01. The van der Waals surface area contributed by atoms with E-state index in [9.17, 15) is 4.79 Å². The summed E-state index contributed by atoms with van der Waals surface area (Å²) in [5.74, 6) is 1.21. The largest absolute Gasteiger partial charge is 0.496 e. The van der Waals surface area contributed by atoms with Crippen LogP contribution < -0.4 is 9.47 Å². The molecular weight excluding hydrogens is 370 g/mol. The number of fused-ring (bicyclic) bond motifs is 1. The number of amides is 1. The number of methoxy groups -OCH3 is 2. The first-order valence-electron chi connectivity index (χ1n) is 7.92. The molecule has 0 fully saturated rings. The molecule has 128 valence electrons. The highest BCUT2D eigenvalue weighted by atomic mass is 79.9. The van der Waals surface area contributed by atoms with Crippen molar-refractivity contribution < 1.29 is 14.3 Å². The predicted molar refractivity (Wildman–Crippen MR) is 98.6 cm³/mol. The van der Waals surface area contributed by atoms with Crippen molar-refractivity contribution in [1.29, 1.82) is 0 Å². The van der Waals surface area contributed by atoms with Crippen molar-refractivity contribution >= 4 is 21.8 Å². The van der Waals surface area contributed by atoms with Gasteiger partial charge in [-0.15, -0.1) is 0 Å². The highest BCUT2D eigenvalue weighted by Gasteiger charge is 2.34. The molecule has 2 aromatic carbocycles. The molecule has 0 aromatic heterocycles. The molecule has 0 bridgehead atoms. The van der Waals surface area contributed by atoms with E-state index in [-0.39, 0.29) is 5.91 Å². The lowest BCUT2D eigenvalue weighted by atomic mass is 10.1. The first-order chi connectivity index (χ1) is 11.7. The molecule has 3 rings (SSSR count). The molecule has 2 aromatic rings. The maximum absolute atomic E-state index is 12.7. The molecule has 1 amide bonds. The van der Waals surface area contributed by atoms with E-state index >= 15 is 0 Å². The molecule has 24 heavy (non-hydrogen) atoms. The van der Waals surface area contributed by atoms with Gasteiger partial charge in [-0.3, -0.25) is 4.79 Å². The second-order valence-corrected chi connectivity index (χ2v) is 5.89. The fourth-order valence-corrected chi connectivity index (χ4v) is 3.31. The SMILES string of the molecule is CC.COc1cc(OC)c2c(c1Br)CN(Cc1ccccc1)C2=O. The van der Waals surface area contributed by atoms with Gasteiger partial charge in [0.05, 0.1) is 24.3 Å². The molecule has 0 aliphatic carbocycles. The lowest BCUT2D eigenvalue weighted by Gasteiger charge is -2.15. The van der Waals surface area contributed by atoms with Crippen molar-refractivity contribution in [1.82, 2.24) is 4.90 Å². The average Bonchev–Trinajstić information content (AvgIpc) is 2.96. The molecule has 0 spiro atoms. The Balaban J connectivity index is 0.00000100. The summed E-state index contributed by atoms with van der Waals surface area (Å²) in [5, 5.41) is 0. The Bertz CT molecular complexity index is 716. The van der Waals surface area contributed by atoms with Crippen LogP contribution in [-0.4, -0.2) is 25.0 Å². The highest BCUT2D eigenvalue weighted by Crippen LogP contribution is 2.42. The quantitative estimate of drug-likeness (QED) is 0.761. The molecule has 0 unspecified atom stereocenters. The molecule has 4 nitrogen and oxygen atoms in total. The molecule has 0 saturated heterocycles. The van der Waals surface area contributed by atoms with Crippen LogP contribution in [-0.2, 0) is 13.1 Å². The van der Waals surface area contributed by atoms with Gasteiger partial charge in [0.1, 0.15) is 11.5 Å². The molecule has 0 atom stereocenters. The van der Waals surface area contributed by atoms with Crippen LogP contribution in [0.5, 0.6) is 11.5 Å². The zero-order chi connectivity index (χ0) is 17.7. The Morgan fingerprint density at radius 1 is 1.08 bits per heavy atom. The van der Waals surface area contributed by atoms with Gasteiger partial charge in [-0.05, 0) is 21.5 Å². The summed E-state index contributed by atoms with van der Waals surface area (Å²) in [6.45, 7) is 5.11. The van der Waals surface area contributed by atoms with Crippen molar-refractivity contribution in [3.63, 3.8) is 0 Å². The summed E-state index contributed by atoms with van der Waals surface area (Å²) in [6.07, 6.45) is 0. The molecule has 0 saturated carbocycles. The van der Waals surface area contributed by atoms with Crippen LogP contribution in [0.4, 0.5) is 0 Å². The normalized spacial score (nSPS) is 12.4. The fraction of sp³-hybridized carbons (Fsp3) is 0.316. The minimum atomic E-state index is -0.0148. The van der Waals surface area contributed by atoms with Crippen molar-refractivity contribution in [2.75, 3.05) is 14.2 Å². The maximum Gasteiger partial charge on any atom is 0.258 e. The van der Waals surface area contributed by atoms with Crippen molar-refractivity contribution in [3.8, 4) is 11.5 Å². The lowest BCUT2D eigenvalue weighted by molar-refractivity contribution is 0.0764. The van der Waals surface area contributed by atoms with Gasteiger partial charge < -0.3 is 14.4 Å². The third-order valence-electron chi connectivity index (χ3n) is 3.80. The summed E-state index contributed by atoms with van der Waals surface area (Å²) >= 11 is 3.54. The lowest BCUT2D eigenvalue weighted by Crippen LogP contribution is -2.23. The maximum atomic E-state index is 12.7. The van der Waals surface area contributed by atoms with E-state index in [1.807, 2.05) is 49.1 Å². The fourth-order valence-electron chi connectivity index (χ4n) is 2.71. The van der Waals surface area contributed by atoms with E-state index < -0.39 is 0 Å². The van der Waals surface area contributed by atoms with Crippen LogP contribution in [0.15, 0.2) is 40.9 Å². The topological polar surface area (TPSA) is 38.8 Å². The van der Waals surface area contributed by atoms with Crippen molar-refractivity contribution in [2.24, 2.45) is 0 Å². The number of hydrogen-bond acceptors (Lipinski definition) is 3. The van der Waals surface area contributed by atoms with E-state index in [1.165, 1.54) is 0 Å². The van der Waals surface area contributed by atoms with E-state index in [0.717, 1.165) is 15.6 Å². The minimum Gasteiger partial charge on any atom is -0.496 e. The smallest absolute Gasteiger partial charge is 0.258 e. The third kappa shape index (κ3) is 3.41. The zero-order valence-corrected chi connectivity index (χ0v) is 16.0. The molecule has 0 N–H and O–H groups in total. The Labute approximate surface area is 151 Å². The van der Waals surface area contributed by atoms with Gasteiger partial charge in [-0.2, -0.15) is 0 Å². The van der Waals surface area contributed by atoms with Gasteiger partial charge in [0, 0.05) is 24.7 Å². The Morgan fingerprint density at radius 3 is 2.29 bits per heavy atom. The number of nitrogens with zero attached hydrogens (tertiary/aromatic N) is 1. The number of rotatable bonds is 4. The van der Waals surface area contributed by atoms with E-state index in [2.05, 4.69) is 15.9 Å². The molecule has 1 aliphatic heterocycles. The number of hydrogen-bond donors (Lipinski definition) is 0. The van der Waals surface area contributed by atoms with Crippen LogP contribution >= 0.6 is 15.9 Å². The summed E-state index contributed by atoms with van der Waals surface area (Å²) in [6, 6.07) is 11.7. The second-order valence-electron chi connectivity index (χ2n) is 5.10. The van der Waals surface area contributed by atoms with E-state index in [4.69, 9.17) is 9.47 Å². The summed E-state index contributed by atoms with van der Waals surface area (Å²) in [5.41, 5.74) is 2.63. The van der Waals surface area contributed by atoms with Crippen LogP contribution in [0.25, 0.3) is 0 Å². The number of ether oxygens (including phenoxy) is 2. The number of benzene rings is 2. The third-order valence-corrected chi connectivity index (χ3v) is 4.67. The minimum absolute atomic E-state index is 0.0148. The van der Waals surface area contributed by atoms with Crippen LogP contribution in [0.1, 0.15) is 35.3 Å². The van der Waals surface area contributed by atoms with Gasteiger partial charge in [0.2, 0.25) is 0 Å². The second kappa shape index (κ2) is 8.20. The van der Waals surface area contributed by atoms with E-state index in [1.54, 1.807) is 20.3 Å². The monoisotopic (exact) mass is 391 g/mol. The van der Waals surface area contributed by atoms with Crippen molar-refractivity contribution in [2.45, 2.75) is 26.9 Å². The van der Waals surface area contributed by atoms with Gasteiger partial charge in [0.25, 0.3) is 5.91 Å². The van der Waals surface area contributed by atoms with Gasteiger partial charge in [0.15, 0.2) is 0 Å². The summed E-state index contributed by atoms with van der Waals surface area (Å²) in [4.78, 5) is 14.5. The van der Waals surface area contributed by atoms with Crippen LogP contribution in [0, 0.1) is 0 Å². The van der Waals surface area contributed by atoms with Crippen molar-refractivity contribution in [3.05, 3.63) is 57.6 Å². The summed E-state index contributed by atoms with van der Waals surface area (Å²) < 4.78 is 11.5. The Morgan fingerprint density at radius 2 is 1.71 bits per heavy atom. The predicted octanol–water partition coefficient (Wildman–Crippen LogP) is 4.65. The van der Waals surface area contributed by atoms with Crippen LogP contribution in [0.3, 0.4) is 0 Å². The standard InChI is InChI=1S/C17H16BrNO3.C2H6/c1-21-13-8-14(22-2)16(18)12-10-19(17(20)15(12)13)9-11-6-4-3-5-7-11;1-2/h3-8H,9-10H2,1-2H3;1-2H3. The van der Waals surface area contributed by atoms with Crippen LogP contribution in [0.2, 0.25) is 0 Å². The van der Waals surface area contributed by atoms with Gasteiger partial charge in [-0.25, -0.2) is 0 Å². The molecule has 1 aliphatic rings. The molecule has 5 heteroatoms. The average molecular weight is 392 g/mol. The zero-order valence-electron chi connectivity index (χ0n) is 14.4.